The van der Waals surface area contributed by atoms with E-state index in [-0.39, 0.29) is 34.5 Å². The van der Waals surface area contributed by atoms with E-state index in [1.54, 1.807) is 4.90 Å². The number of carbonyl (C=O) groups excluding carboxylic acids is 1. The molecule has 30 heavy (non-hydrogen) atoms. The molecule has 2 heterocycles. The minimum Gasteiger partial charge on any atom is -0.327 e. The second-order valence-electron chi connectivity index (χ2n) is 6.64. The van der Waals surface area contributed by atoms with Crippen LogP contribution in [0.15, 0.2) is 47.5 Å². The van der Waals surface area contributed by atoms with Crippen LogP contribution in [0.25, 0.3) is 0 Å². The lowest BCUT2D eigenvalue weighted by atomic mass is 10.1. The molecule has 0 radical (unpaired) electrons. The summed E-state index contributed by atoms with van der Waals surface area (Å²) in [6.07, 6.45) is -2.87. The van der Waals surface area contributed by atoms with E-state index in [1.807, 2.05) is 22.6 Å². The van der Waals surface area contributed by atoms with E-state index < -0.39 is 32.7 Å². The smallest absolute Gasteiger partial charge is 0.327 e. The molecule has 1 saturated heterocycles. The van der Waals surface area contributed by atoms with Crippen molar-refractivity contribution in [2.75, 3.05) is 6.54 Å². The van der Waals surface area contributed by atoms with Gasteiger partial charge in [0, 0.05) is 24.3 Å². The van der Waals surface area contributed by atoms with Crippen molar-refractivity contribution >= 4 is 50.1 Å². The van der Waals surface area contributed by atoms with Crippen molar-refractivity contribution in [2.45, 2.75) is 34.0 Å². The predicted octanol–water partition coefficient (Wildman–Crippen LogP) is 4.10. The zero-order valence-corrected chi connectivity index (χ0v) is 19.0. The molecule has 1 fully saturated rings. The number of sulfonamides is 1. The molecule has 0 saturated carbocycles. The minimum absolute atomic E-state index is 0.178. The fourth-order valence-electron chi connectivity index (χ4n) is 3.17. The predicted molar refractivity (Wildman–Crippen MR) is 113 cm³/mol. The van der Waals surface area contributed by atoms with Gasteiger partial charge in [-0.05, 0) is 37.1 Å². The summed E-state index contributed by atoms with van der Waals surface area (Å²) >= 11 is 7.83. The first-order valence-electron chi connectivity index (χ1n) is 8.74. The lowest BCUT2D eigenvalue weighted by Crippen LogP contribution is -2.49. The number of alkyl halides is 4. The molecule has 12 heteroatoms. The third-order valence-corrected chi connectivity index (χ3v) is 7.54. The maximum Gasteiger partial charge on any atom is 0.417 e. The summed E-state index contributed by atoms with van der Waals surface area (Å²) in [5.41, 5.74) is -0.861. The quantitative estimate of drug-likeness (QED) is 0.259. The van der Waals surface area contributed by atoms with Crippen molar-refractivity contribution in [3.8, 4) is 0 Å². The van der Waals surface area contributed by atoms with Gasteiger partial charge in [0.1, 0.15) is 5.15 Å². The molecule has 2 atom stereocenters. The van der Waals surface area contributed by atoms with Crippen LogP contribution in [-0.2, 0) is 16.2 Å². The van der Waals surface area contributed by atoms with E-state index in [2.05, 4.69) is 9.71 Å². The Morgan fingerprint density at radius 2 is 1.97 bits per heavy atom. The van der Waals surface area contributed by atoms with Gasteiger partial charge in [-0.3, -0.25) is 4.79 Å². The normalized spacial score (nSPS) is 20.2. The van der Waals surface area contributed by atoms with Gasteiger partial charge in [0.05, 0.1) is 14.5 Å². The minimum atomic E-state index is -4.79. The molecule has 1 aliphatic rings. The first kappa shape index (κ1) is 23.2. The Balaban J connectivity index is 1.73. The number of pyridine rings is 1. The molecule has 2 unspecified atom stereocenters. The van der Waals surface area contributed by atoms with Gasteiger partial charge in [-0.25, -0.2) is 18.1 Å². The highest BCUT2D eigenvalue weighted by molar-refractivity contribution is 14.1. The van der Waals surface area contributed by atoms with Crippen LogP contribution >= 0.6 is 34.2 Å². The van der Waals surface area contributed by atoms with Gasteiger partial charge in [0.25, 0.3) is 5.91 Å². The Labute approximate surface area is 190 Å². The van der Waals surface area contributed by atoms with E-state index in [4.69, 9.17) is 11.6 Å². The van der Waals surface area contributed by atoms with Crippen LogP contribution in [0.2, 0.25) is 5.15 Å². The zero-order chi connectivity index (χ0) is 22.1. The van der Waals surface area contributed by atoms with E-state index in [0.717, 1.165) is 18.2 Å². The molecule has 1 aliphatic heterocycles. The lowest BCUT2D eigenvalue weighted by Gasteiger charge is -2.36. The first-order chi connectivity index (χ1) is 14.0. The number of aromatic nitrogens is 1. The highest BCUT2D eigenvalue weighted by atomic mass is 127. The van der Waals surface area contributed by atoms with Gasteiger partial charge < -0.3 is 4.90 Å². The van der Waals surface area contributed by atoms with Crippen molar-refractivity contribution in [3.63, 3.8) is 0 Å². The average Bonchev–Trinajstić information content (AvgIpc) is 2.67. The van der Waals surface area contributed by atoms with Gasteiger partial charge in [-0.1, -0.05) is 46.3 Å². The SMILES string of the molecule is O=C(c1ccnc(Cl)c1)N1CCC(NS(=O)(=O)c2ccccc2C(F)(F)F)CC1I. The molecule has 0 aliphatic carbocycles. The largest absolute Gasteiger partial charge is 0.417 e. The number of carbonyl (C=O) groups is 1. The summed E-state index contributed by atoms with van der Waals surface area (Å²) in [4.78, 5) is 17.3. The summed E-state index contributed by atoms with van der Waals surface area (Å²) in [7, 11) is -4.40. The molecule has 1 aromatic carbocycles. The van der Waals surface area contributed by atoms with Crippen LogP contribution < -0.4 is 4.72 Å². The van der Waals surface area contributed by atoms with Crippen LogP contribution in [0.1, 0.15) is 28.8 Å². The fourth-order valence-corrected chi connectivity index (χ4v) is 6.00. The standard InChI is InChI=1S/C18H16ClF3IN3O3S/c19-15-9-11(5-7-24-15)17(27)26-8-6-12(10-16(26)23)25-30(28,29)14-4-2-1-3-13(14)18(20,21)22/h1-5,7,9,12,16,25H,6,8,10H2. The number of likely N-dealkylation sites (tertiary alicyclic amines) is 1. The maximum atomic E-state index is 13.2. The molecule has 0 spiro atoms. The van der Waals surface area contributed by atoms with Crippen LogP contribution in [0.5, 0.6) is 0 Å². The number of benzene rings is 1. The van der Waals surface area contributed by atoms with E-state index in [9.17, 15) is 26.4 Å². The van der Waals surface area contributed by atoms with Crippen molar-refractivity contribution < 1.29 is 26.4 Å². The van der Waals surface area contributed by atoms with Crippen LogP contribution in [0.4, 0.5) is 13.2 Å². The second-order valence-corrected chi connectivity index (χ2v) is 10.1. The van der Waals surface area contributed by atoms with Crippen LogP contribution in [0.3, 0.4) is 0 Å². The summed E-state index contributed by atoms with van der Waals surface area (Å²) in [6.45, 7) is 0.237. The van der Waals surface area contributed by atoms with Gasteiger partial charge in [0.15, 0.2) is 0 Å². The van der Waals surface area contributed by atoms with Gasteiger partial charge >= 0.3 is 6.18 Å². The molecule has 1 aromatic heterocycles. The molecule has 162 valence electrons. The van der Waals surface area contributed by atoms with Crippen molar-refractivity contribution in [1.29, 1.82) is 0 Å². The van der Waals surface area contributed by atoms with Gasteiger partial charge in [0.2, 0.25) is 10.0 Å². The topological polar surface area (TPSA) is 79.4 Å². The Morgan fingerprint density at radius 3 is 2.60 bits per heavy atom. The van der Waals surface area contributed by atoms with Crippen LogP contribution in [0, 0.1) is 0 Å². The number of nitrogens with one attached hydrogen (secondary N) is 1. The molecular weight excluding hydrogens is 558 g/mol. The van der Waals surface area contributed by atoms with Crippen molar-refractivity contribution in [3.05, 3.63) is 58.9 Å². The molecule has 6 nitrogen and oxygen atoms in total. The Hall–Kier alpha value is -1.44. The number of halogens is 5. The molecule has 2 aromatic rings. The number of nitrogens with zero attached hydrogens (tertiary/aromatic N) is 2. The monoisotopic (exact) mass is 573 g/mol. The highest BCUT2D eigenvalue weighted by Gasteiger charge is 2.38. The molecule has 1 amide bonds. The second kappa shape index (κ2) is 8.97. The Morgan fingerprint density at radius 1 is 1.27 bits per heavy atom. The van der Waals surface area contributed by atoms with Crippen molar-refractivity contribution in [2.24, 2.45) is 0 Å². The summed E-state index contributed by atoms with van der Waals surface area (Å²) in [6, 6.07) is 6.40. The van der Waals surface area contributed by atoms with E-state index in [0.29, 0.717) is 5.56 Å². The molecular formula is C18H16ClF3IN3O3S. The number of piperidine rings is 1. The summed E-state index contributed by atoms with van der Waals surface area (Å²) < 4.78 is 66.9. The third-order valence-electron chi connectivity index (χ3n) is 4.57. The van der Waals surface area contributed by atoms with Crippen molar-refractivity contribution in [1.82, 2.24) is 14.6 Å². The molecule has 1 N–H and O–H groups in total. The average molecular weight is 574 g/mol. The van der Waals surface area contributed by atoms with Gasteiger partial charge in [-0.15, -0.1) is 0 Å². The van der Waals surface area contributed by atoms with Gasteiger partial charge in [-0.2, -0.15) is 13.2 Å². The lowest BCUT2D eigenvalue weighted by molar-refractivity contribution is -0.139. The highest BCUT2D eigenvalue weighted by Crippen LogP contribution is 2.34. The van der Waals surface area contributed by atoms with E-state index in [1.165, 1.54) is 24.4 Å². The fraction of sp³-hybridized carbons (Fsp3) is 0.333. The number of hydrogen-bond acceptors (Lipinski definition) is 4. The third kappa shape index (κ3) is 5.24. The number of rotatable bonds is 4. The first-order valence-corrected chi connectivity index (χ1v) is 11.8. The molecule has 0 bridgehead atoms. The summed E-state index contributed by atoms with van der Waals surface area (Å²) in [5, 5.41) is 0.178. The maximum absolute atomic E-state index is 13.2. The van der Waals surface area contributed by atoms with E-state index >= 15 is 0 Å². The number of hydrogen-bond donors (Lipinski definition) is 1. The Bertz CT molecular complexity index is 1050. The number of amides is 1. The molecule has 3 rings (SSSR count). The summed E-state index contributed by atoms with van der Waals surface area (Å²) in [5.74, 6) is -0.276. The Kier molecular flexibility index (Phi) is 6.94. The zero-order valence-electron chi connectivity index (χ0n) is 15.2. The van der Waals surface area contributed by atoms with Crippen LogP contribution in [-0.4, -0.2) is 40.8 Å².